The van der Waals surface area contributed by atoms with Gasteiger partial charge in [-0.3, -0.25) is 14.6 Å². The van der Waals surface area contributed by atoms with Crippen LogP contribution in [-0.2, 0) is 39.0 Å². The third kappa shape index (κ3) is 19.9. The number of hydrogen-bond acceptors (Lipinski definition) is 19. The Labute approximate surface area is 534 Å². The molecule has 0 radical (unpaired) electrons. The van der Waals surface area contributed by atoms with Crippen molar-refractivity contribution in [1.82, 2.24) is 29.9 Å². The SMILES string of the molecule is CN(C)Cc1c(OCC2CC2)ccc2c(CCC3CCN(Cc4ccc(C#N)s4)CC3)noc12.CN(C)Cc1c(OCC2CC2)ccc2c(CCC3CCN(Cc4ccc(C#N)s4)CC3)noc12.Cl.Cl.N#Cc1ccc(C=O)s1.N#Cc1cccs1. The minimum Gasteiger partial charge on any atom is -0.493 e. The summed E-state index contributed by atoms with van der Waals surface area (Å²) >= 11 is 5.90. The number of aryl methyl sites for hydroxylation is 2. The number of carbonyl (C=O) groups is 1. The van der Waals surface area contributed by atoms with Crippen LogP contribution < -0.4 is 9.47 Å². The molecule has 4 aliphatic rings. The van der Waals surface area contributed by atoms with Gasteiger partial charge in [0.1, 0.15) is 55.3 Å². The first-order valence-electron chi connectivity index (χ1n) is 29.1. The number of nitriles is 4. The highest BCUT2D eigenvalue weighted by atomic mass is 35.5. The summed E-state index contributed by atoms with van der Waals surface area (Å²) in [5, 5.41) is 47.7. The highest BCUT2D eigenvalue weighted by Crippen LogP contribution is 2.38. The second-order valence-corrected chi connectivity index (χ2v) is 27.3. The molecule has 0 unspecified atom stereocenters. The molecule has 0 bridgehead atoms. The molecule has 0 N–H and O–H groups in total. The quantitative estimate of drug-likeness (QED) is 0.0616. The van der Waals surface area contributed by atoms with Gasteiger partial charge in [-0.05, 0) is 227 Å². The number of rotatable bonds is 21. The minimum absolute atomic E-state index is 0. The molecular weight excluding hydrogens is 1200 g/mol. The number of thiophene rings is 4. The van der Waals surface area contributed by atoms with Crippen LogP contribution in [0.1, 0.15) is 126 Å². The van der Waals surface area contributed by atoms with Gasteiger partial charge in [-0.25, -0.2) is 0 Å². The van der Waals surface area contributed by atoms with E-state index in [0.717, 1.165) is 192 Å². The molecule has 8 heterocycles. The van der Waals surface area contributed by atoms with Crippen LogP contribution in [0.2, 0.25) is 0 Å². The maximum absolute atomic E-state index is 10.0. The number of nitrogens with zero attached hydrogens (tertiary/aromatic N) is 10. The highest BCUT2D eigenvalue weighted by Gasteiger charge is 2.27. The summed E-state index contributed by atoms with van der Waals surface area (Å²) in [6.45, 7) is 9.60. The number of carbonyl (C=O) groups excluding carboxylic acids is 1. The zero-order valence-corrected chi connectivity index (χ0v) is 54.3. The van der Waals surface area contributed by atoms with Crippen molar-refractivity contribution >= 4 is 98.4 Å². The van der Waals surface area contributed by atoms with Gasteiger partial charge >= 0.3 is 0 Å². The Kier molecular flexibility index (Phi) is 26.5. The van der Waals surface area contributed by atoms with E-state index in [1.165, 1.54) is 83.8 Å². The first-order chi connectivity index (χ1) is 41.0. The Morgan fingerprint density at radius 2 is 0.988 bits per heavy atom. The number of likely N-dealkylation sites (tertiary alicyclic amines) is 2. The Morgan fingerprint density at radius 3 is 1.33 bits per heavy atom. The van der Waals surface area contributed by atoms with Crippen LogP contribution in [0.5, 0.6) is 11.5 Å². The summed E-state index contributed by atoms with van der Waals surface area (Å²) in [4.78, 5) is 25.5. The number of aromatic nitrogens is 2. The molecule has 0 spiro atoms. The van der Waals surface area contributed by atoms with Crippen LogP contribution in [0.25, 0.3) is 21.9 Å². The van der Waals surface area contributed by atoms with Crippen LogP contribution in [0.3, 0.4) is 0 Å². The molecule has 15 nitrogen and oxygen atoms in total. The van der Waals surface area contributed by atoms with E-state index in [2.05, 4.69) is 107 Å². The van der Waals surface area contributed by atoms with E-state index >= 15 is 0 Å². The van der Waals surface area contributed by atoms with E-state index in [1.54, 1.807) is 40.9 Å². The van der Waals surface area contributed by atoms with Gasteiger partial charge in [-0.15, -0.1) is 70.2 Å². The molecule has 12 rings (SSSR count). The lowest BCUT2D eigenvalue weighted by molar-refractivity contribution is 0.112. The lowest BCUT2D eigenvalue weighted by Gasteiger charge is -2.31. The average molecular weight is 1280 g/mol. The predicted molar refractivity (Wildman–Crippen MR) is 348 cm³/mol. The highest BCUT2D eigenvalue weighted by molar-refractivity contribution is 7.14. The molecular formula is C65H76Cl2N10O5S4. The maximum atomic E-state index is 10.0. The van der Waals surface area contributed by atoms with E-state index < -0.39 is 0 Å². The molecule has 2 aliphatic heterocycles. The molecule has 2 aliphatic carbocycles. The summed E-state index contributed by atoms with van der Waals surface area (Å²) in [6, 6.07) is 31.9. The molecule has 454 valence electrons. The maximum Gasteiger partial charge on any atom is 0.175 e. The number of ether oxygens (including phenoxy) is 2. The van der Waals surface area contributed by atoms with Crippen molar-refractivity contribution in [1.29, 1.82) is 21.0 Å². The number of fused-ring (bicyclic) bond motifs is 2. The van der Waals surface area contributed by atoms with Crippen LogP contribution in [0, 0.1) is 69.0 Å². The Morgan fingerprint density at radius 1 is 0.558 bits per heavy atom. The second-order valence-electron chi connectivity index (χ2n) is 22.9. The molecule has 0 amide bonds. The van der Waals surface area contributed by atoms with E-state index in [9.17, 15) is 4.79 Å². The minimum atomic E-state index is 0. The van der Waals surface area contributed by atoms with Crippen LogP contribution in [-0.4, -0.2) is 104 Å². The Bertz CT molecular complexity index is 3380. The van der Waals surface area contributed by atoms with Gasteiger partial charge < -0.3 is 28.3 Å². The van der Waals surface area contributed by atoms with Crippen molar-refractivity contribution in [3.8, 4) is 35.8 Å². The number of piperidine rings is 2. The second kappa shape index (κ2) is 33.8. The topological polar surface area (TPSA) is 196 Å². The smallest absolute Gasteiger partial charge is 0.175 e. The molecule has 8 aromatic rings. The van der Waals surface area contributed by atoms with Gasteiger partial charge in [0, 0.05) is 46.7 Å². The van der Waals surface area contributed by atoms with Crippen LogP contribution in [0.4, 0.5) is 0 Å². The zero-order chi connectivity index (χ0) is 58.8. The standard InChI is InChI=1S/2C27H34N4O2S.C6H3NOS.C5H3NS.2ClH/c2*1-30(2)17-24-26(32-18-20-3-4-20)10-8-23-25(29-33-27(23)24)9-5-19-11-13-31(14-12-19)16-22-7-6-21(15-28)34-22;7-3-5-1-2-6(4-8)9-5;6-4-5-2-1-3-7-5;;/h2*6-8,10,19-20H,3-5,9,11-14,16-18H2,1-2H3;1-2,4H;1-3H;2*1H. The zero-order valence-electron chi connectivity index (χ0n) is 49.4. The summed E-state index contributed by atoms with van der Waals surface area (Å²) in [5.41, 5.74) is 6.16. The molecule has 86 heavy (non-hydrogen) atoms. The molecule has 0 atom stereocenters. The fraction of sp³-hybridized carbons (Fsp3) is 0.462. The first-order valence-corrected chi connectivity index (χ1v) is 32.5. The first kappa shape index (κ1) is 67.3. The Hall–Kier alpha value is -6.17. The molecule has 2 aromatic carbocycles. The summed E-state index contributed by atoms with van der Waals surface area (Å²) < 4.78 is 24.1. The fourth-order valence-corrected chi connectivity index (χ4v) is 13.4. The van der Waals surface area contributed by atoms with Gasteiger partial charge in [-0.2, -0.15) is 21.0 Å². The van der Waals surface area contributed by atoms with E-state index in [-0.39, 0.29) is 24.8 Å². The molecule has 6 aromatic heterocycles. The molecule has 2 saturated heterocycles. The normalized spacial score (nSPS) is 15.3. The number of benzene rings is 2. The lowest BCUT2D eigenvalue weighted by Crippen LogP contribution is -2.33. The summed E-state index contributed by atoms with van der Waals surface area (Å²) in [5.74, 6) is 4.78. The van der Waals surface area contributed by atoms with Crippen molar-refractivity contribution in [2.45, 2.75) is 103 Å². The van der Waals surface area contributed by atoms with Gasteiger partial charge in [0.2, 0.25) is 0 Å². The Balaban J connectivity index is 0.000000192. The van der Waals surface area contributed by atoms with Gasteiger partial charge in [0.15, 0.2) is 17.5 Å². The number of halogens is 2. The van der Waals surface area contributed by atoms with Crippen molar-refractivity contribution in [3.05, 3.63) is 135 Å². The van der Waals surface area contributed by atoms with Crippen molar-refractivity contribution < 1.29 is 23.3 Å². The number of hydrogen-bond donors (Lipinski definition) is 0. The van der Waals surface area contributed by atoms with Crippen molar-refractivity contribution in [3.63, 3.8) is 0 Å². The van der Waals surface area contributed by atoms with Gasteiger partial charge in [-0.1, -0.05) is 16.4 Å². The molecule has 2 saturated carbocycles. The van der Waals surface area contributed by atoms with Gasteiger partial charge in [0.25, 0.3) is 0 Å². The third-order valence-electron chi connectivity index (χ3n) is 15.6. The van der Waals surface area contributed by atoms with E-state index in [0.29, 0.717) is 9.75 Å². The molecule has 4 fully saturated rings. The van der Waals surface area contributed by atoms with E-state index in [4.69, 9.17) is 39.6 Å². The van der Waals surface area contributed by atoms with Crippen LogP contribution in [0.15, 0.2) is 87.2 Å². The summed E-state index contributed by atoms with van der Waals surface area (Å²) in [7, 11) is 8.31. The monoisotopic (exact) mass is 1270 g/mol. The lowest BCUT2D eigenvalue weighted by atomic mass is 9.91. The largest absolute Gasteiger partial charge is 0.493 e. The number of aldehydes is 1. The molecule has 21 heteroatoms. The average Bonchev–Trinajstić information content (AvgIpc) is 2.22. The van der Waals surface area contributed by atoms with Crippen molar-refractivity contribution in [2.75, 3.05) is 67.6 Å². The summed E-state index contributed by atoms with van der Waals surface area (Å²) in [6.07, 6.45) is 15.0. The van der Waals surface area contributed by atoms with Crippen LogP contribution >= 0.6 is 70.2 Å². The van der Waals surface area contributed by atoms with E-state index in [1.807, 2.05) is 35.7 Å². The van der Waals surface area contributed by atoms with Gasteiger partial charge in [0.05, 0.1) is 40.6 Å². The third-order valence-corrected chi connectivity index (χ3v) is 19.3. The fourth-order valence-electron chi connectivity index (χ4n) is 10.6. The van der Waals surface area contributed by atoms with Crippen molar-refractivity contribution in [2.24, 2.45) is 23.7 Å². The predicted octanol–water partition coefficient (Wildman–Crippen LogP) is 14.8.